The number of anilines is 1. The molecule has 0 saturated carbocycles. The summed E-state index contributed by atoms with van der Waals surface area (Å²) in [5, 5.41) is 4.48. The first-order chi connectivity index (χ1) is 11.6. The molecule has 0 radical (unpaired) electrons. The Bertz CT molecular complexity index is 718. The summed E-state index contributed by atoms with van der Waals surface area (Å²) in [5.41, 5.74) is 2.02. The van der Waals surface area contributed by atoms with Crippen molar-refractivity contribution in [2.24, 2.45) is 0 Å². The molecule has 0 aliphatic carbocycles. The maximum absolute atomic E-state index is 12.0. The highest BCUT2D eigenvalue weighted by atomic mass is 16.2. The van der Waals surface area contributed by atoms with Crippen molar-refractivity contribution >= 4 is 11.7 Å². The average molecular weight is 328 g/mol. The molecule has 0 unspecified atom stereocenters. The highest BCUT2D eigenvalue weighted by Gasteiger charge is 2.21. The number of piperazine rings is 1. The Kier molecular flexibility index (Phi) is 4.78. The standard InChI is InChI=1S/C17H24N6O/c1-4-5-17(24)22-8-6-21(7-9-22)15-11-16(19-12-18-15)23-14(3)10-13(2)20-23/h10-12H,4-9H2,1-3H3. The highest BCUT2D eigenvalue weighted by molar-refractivity contribution is 5.76. The molecule has 24 heavy (non-hydrogen) atoms. The summed E-state index contributed by atoms with van der Waals surface area (Å²) in [4.78, 5) is 24.9. The maximum Gasteiger partial charge on any atom is 0.222 e. The first-order valence-corrected chi connectivity index (χ1v) is 8.47. The van der Waals surface area contributed by atoms with E-state index < -0.39 is 0 Å². The minimum Gasteiger partial charge on any atom is -0.353 e. The number of hydrogen-bond donors (Lipinski definition) is 0. The van der Waals surface area contributed by atoms with Gasteiger partial charge in [-0.25, -0.2) is 14.6 Å². The van der Waals surface area contributed by atoms with Gasteiger partial charge in [-0.05, 0) is 26.3 Å². The molecule has 2 aromatic heterocycles. The van der Waals surface area contributed by atoms with Crippen molar-refractivity contribution in [1.82, 2.24) is 24.6 Å². The van der Waals surface area contributed by atoms with Crippen LogP contribution in [0.5, 0.6) is 0 Å². The Morgan fingerprint density at radius 3 is 2.42 bits per heavy atom. The predicted molar refractivity (Wildman–Crippen MR) is 92.3 cm³/mol. The zero-order valence-electron chi connectivity index (χ0n) is 14.6. The molecule has 1 fully saturated rings. The molecule has 1 saturated heterocycles. The number of amides is 1. The lowest BCUT2D eigenvalue weighted by atomic mass is 10.2. The number of carbonyl (C=O) groups is 1. The van der Waals surface area contributed by atoms with E-state index in [-0.39, 0.29) is 5.91 Å². The van der Waals surface area contributed by atoms with Crippen LogP contribution in [0.2, 0.25) is 0 Å². The van der Waals surface area contributed by atoms with Gasteiger partial charge in [0.15, 0.2) is 5.82 Å². The van der Waals surface area contributed by atoms with Crippen molar-refractivity contribution < 1.29 is 4.79 Å². The minimum atomic E-state index is 0.253. The van der Waals surface area contributed by atoms with Gasteiger partial charge >= 0.3 is 0 Å². The number of aromatic nitrogens is 4. The molecule has 128 valence electrons. The van der Waals surface area contributed by atoms with Crippen LogP contribution in [0.4, 0.5) is 5.82 Å². The third-order valence-electron chi connectivity index (χ3n) is 4.29. The van der Waals surface area contributed by atoms with Gasteiger partial charge in [0, 0.05) is 44.4 Å². The van der Waals surface area contributed by atoms with Crippen molar-refractivity contribution in [3.05, 3.63) is 29.8 Å². The monoisotopic (exact) mass is 328 g/mol. The number of aryl methyl sites for hydroxylation is 2. The Balaban J connectivity index is 1.72. The van der Waals surface area contributed by atoms with Crippen LogP contribution in [0.3, 0.4) is 0 Å². The predicted octanol–water partition coefficient (Wildman–Crippen LogP) is 1.73. The van der Waals surface area contributed by atoms with Gasteiger partial charge in [-0.2, -0.15) is 5.10 Å². The van der Waals surface area contributed by atoms with E-state index in [1.165, 1.54) is 0 Å². The number of carbonyl (C=O) groups excluding carboxylic acids is 1. The second-order valence-corrected chi connectivity index (χ2v) is 6.19. The molecule has 1 aliphatic heterocycles. The van der Waals surface area contributed by atoms with Crippen LogP contribution in [0.15, 0.2) is 18.5 Å². The quantitative estimate of drug-likeness (QED) is 0.855. The lowest BCUT2D eigenvalue weighted by molar-refractivity contribution is -0.131. The molecule has 0 spiro atoms. The molecular weight excluding hydrogens is 304 g/mol. The molecule has 3 heterocycles. The molecule has 7 nitrogen and oxygen atoms in total. The molecule has 1 amide bonds. The van der Waals surface area contributed by atoms with Crippen molar-refractivity contribution in [2.45, 2.75) is 33.6 Å². The molecule has 1 aliphatic rings. The molecule has 2 aromatic rings. The Morgan fingerprint density at radius 2 is 1.79 bits per heavy atom. The van der Waals surface area contributed by atoms with E-state index in [0.717, 1.165) is 55.6 Å². The van der Waals surface area contributed by atoms with Crippen LogP contribution >= 0.6 is 0 Å². The van der Waals surface area contributed by atoms with Gasteiger partial charge in [0.25, 0.3) is 0 Å². The van der Waals surface area contributed by atoms with Gasteiger partial charge in [0.05, 0.1) is 5.69 Å². The van der Waals surface area contributed by atoms with Gasteiger partial charge in [-0.15, -0.1) is 0 Å². The molecule has 7 heteroatoms. The average Bonchev–Trinajstić information content (AvgIpc) is 2.94. The third-order valence-corrected chi connectivity index (χ3v) is 4.29. The van der Waals surface area contributed by atoms with Crippen LogP contribution < -0.4 is 4.90 Å². The normalized spacial score (nSPS) is 15.0. The lowest BCUT2D eigenvalue weighted by Crippen LogP contribution is -2.49. The summed E-state index contributed by atoms with van der Waals surface area (Å²) >= 11 is 0. The van der Waals surface area contributed by atoms with Crippen molar-refractivity contribution in [3.63, 3.8) is 0 Å². The second-order valence-electron chi connectivity index (χ2n) is 6.19. The smallest absolute Gasteiger partial charge is 0.222 e. The van der Waals surface area contributed by atoms with Crippen molar-refractivity contribution in [3.8, 4) is 5.82 Å². The lowest BCUT2D eigenvalue weighted by Gasteiger charge is -2.35. The molecule has 0 bridgehead atoms. The summed E-state index contributed by atoms with van der Waals surface area (Å²) in [5.74, 6) is 1.91. The Morgan fingerprint density at radius 1 is 1.08 bits per heavy atom. The van der Waals surface area contributed by atoms with Gasteiger partial charge in [-0.1, -0.05) is 6.92 Å². The van der Waals surface area contributed by atoms with Crippen LogP contribution in [0.1, 0.15) is 31.2 Å². The summed E-state index contributed by atoms with van der Waals surface area (Å²) < 4.78 is 1.83. The fraction of sp³-hybridized carbons (Fsp3) is 0.529. The molecule has 0 aromatic carbocycles. The van der Waals surface area contributed by atoms with Crippen LogP contribution in [0, 0.1) is 13.8 Å². The van der Waals surface area contributed by atoms with E-state index in [1.54, 1.807) is 6.33 Å². The van der Waals surface area contributed by atoms with Crippen molar-refractivity contribution in [2.75, 3.05) is 31.1 Å². The zero-order chi connectivity index (χ0) is 17.1. The summed E-state index contributed by atoms with van der Waals surface area (Å²) in [6, 6.07) is 3.99. The fourth-order valence-electron chi connectivity index (χ4n) is 3.04. The van der Waals surface area contributed by atoms with Gasteiger partial charge in [-0.3, -0.25) is 4.79 Å². The summed E-state index contributed by atoms with van der Waals surface area (Å²) in [7, 11) is 0. The van der Waals surface area contributed by atoms with Gasteiger partial charge in [0.1, 0.15) is 12.1 Å². The Hall–Kier alpha value is -2.44. The fourth-order valence-corrected chi connectivity index (χ4v) is 3.04. The van der Waals surface area contributed by atoms with E-state index in [2.05, 4.69) is 20.0 Å². The first kappa shape index (κ1) is 16.4. The van der Waals surface area contributed by atoms with Gasteiger partial charge < -0.3 is 9.80 Å². The molecular formula is C17H24N6O. The van der Waals surface area contributed by atoms with Crippen molar-refractivity contribution in [1.29, 1.82) is 0 Å². The van der Waals surface area contributed by atoms with E-state index in [4.69, 9.17) is 0 Å². The topological polar surface area (TPSA) is 67.2 Å². The van der Waals surface area contributed by atoms with E-state index in [9.17, 15) is 4.79 Å². The number of hydrogen-bond acceptors (Lipinski definition) is 5. The van der Waals surface area contributed by atoms with Crippen LogP contribution in [0.25, 0.3) is 5.82 Å². The number of rotatable bonds is 4. The van der Waals surface area contributed by atoms with Crippen LogP contribution in [-0.2, 0) is 4.79 Å². The number of nitrogens with zero attached hydrogens (tertiary/aromatic N) is 6. The van der Waals surface area contributed by atoms with E-state index >= 15 is 0 Å². The zero-order valence-corrected chi connectivity index (χ0v) is 14.6. The molecule has 0 N–H and O–H groups in total. The van der Waals surface area contributed by atoms with Crippen LogP contribution in [-0.4, -0.2) is 56.7 Å². The highest BCUT2D eigenvalue weighted by Crippen LogP contribution is 2.17. The SMILES string of the molecule is CCCC(=O)N1CCN(c2cc(-n3nc(C)cc3C)ncn2)CC1. The van der Waals surface area contributed by atoms with E-state index in [0.29, 0.717) is 6.42 Å². The van der Waals surface area contributed by atoms with Gasteiger partial charge in [0.2, 0.25) is 5.91 Å². The largest absolute Gasteiger partial charge is 0.353 e. The minimum absolute atomic E-state index is 0.253. The Labute approximate surface area is 142 Å². The van der Waals surface area contributed by atoms with E-state index in [1.807, 2.05) is 42.5 Å². The first-order valence-electron chi connectivity index (χ1n) is 8.47. The molecule has 3 rings (SSSR count). The third kappa shape index (κ3) is 3.39. The molecule has 0 atom stereocenters. The summed E-state index contributed by atoms with van der Waals surface area (Å²) in [6.07, 6.45) is 3.11. The maximum atomic E-state index is 12.0. The summed E-state index contributed by atoms with van der Waals surface area (Å²) in [6.45, 7) is 9.11. The second kappa shape index (κ2) is 6.98.